The first-order valence-electron chi connectivity index (χ1n) is 10.3. The maximum atomic E-state index is 13.4. The molecule has 2 aromatic rings. The minimum atomic E-state index is -4.03. The molecule has 8 nitrogen and oxygen atoms in total. The lowest BCUT2D eigenvalue weighted by Crippen LogP contribution is -2.45. The molecule has 0 unspecified atom stereocenters. The van der Waals surface area contributed by atoms with Crippen LogP contribution in [0.15, 0.2) is 41.3 Å². The van der Waals surface area contributed by atoms with Crippen LogP contribution in [0.5, 0.6) is 0 Å². The van der Waals surface area contributed by atoms with E-state index in [4.69, 9.17) is 16.3 Å². The summed E-state index contributed by atoms with van der Waals surface area (Å²) in [5.41, 5.74) is 1.42. The van der Waals surface area contributed by atoms with E-state index >= 15 is 0 Å². The van der Waals surface area contributed by atoms with E-state index in [-0.39, 0.29) is 21.5 Å². The molecule has 0 radical (unpaired) electrons. The Morgan fingerprint density at radius 1 is 1.06 bits per heavy atom. The van der Waals surface area contributed by atoms with Crippen molar-refractivity contribution in [2.45, 2.75) is 4.90 Å². The average molecular weight is 483 g/mol. The van der Waals surface area contributed by atoms with Crippen LogP contribution in [0.25, 0.3) is 0 Å². The minimum Gasteiger partial charge on any atom is -0.378 e. The second-order valence-electron chi connectivity index (χ2n) is 7.55. The zero-order chi connectivity index (χ0) is 22.7. The molecule has 32 heavy (non-hydrogen) atoms. The maximum absolute atomic E-state index is 13.4. The van der Waals surface area contributed by atoms with E-state index in [1.807, 2.05) is 0 Å². The SMILES string of the molecule is O=C(c1cc(NS(=O)(=O)c2ccc(F)c(Cl)c2)ccc1N1CCNCC1)N1CCOCC1. The fourth-order valence-electron chi connectivity index (χ4n) is 3.75. The predicted molar refractivity (Wildman–Crippen MR) is 120 cm³/mol. The Morgan fingerprint density at radius 3 is 2.47 bits per heavy atom. The number of piperazine rings is 1. The molecule has 2 aliphatic rings. The molecule has 2 aromatic carbocycles. The third kappa shape index (κ3) is 4.98. The first kappa shape index (κ1) is 22.8. The topological polar surface area (TPSA) is 91.0 Å². The second-order valence-corrected chi connectivity index (χ2v) is 9.64. The highest BCUT2D eigenvalue weighted by atomic mass is 35.5. The van der Waals surface area contributed by atoms with Crippen LogP contribution >= 0.6 is 11.6 Å². The van der Waals surface area contributed by atoms with Gasteiger partial charge in [-0.15, -0.1) is 0 Å². The highest BCUT2D eigenvalue weighted by Gasteiger charge is 2.25. The Morgan fingerprint density at radius 2 is 1.78 bits per heavy atom. The first-order valence-corrected chi connectivity index (χ1v) is 12.2. The molecule has 2 heterocycles. The highest BCUT2D eigenvalue weighted by Crippen LogP contribution is 2.28. The Bertz CT molecular complexity index is 1100. The zero-order valence-electron chi connectivity index (χ0n) is 17.3. The van der Waals surface area contributed by atoms with Crippen LogP contribution in [0, 0.1) is 5.82 Å². The van der Waals surface area contributed by atoms with Crippen LogP contribution in [0.1, 0.15) is 10.4 Å². The van der Waals surface area contributed by atoms with Crippen LogP contribution in [0.2, 0.25) is 5.02 Å². The van der Waals surface area contributed by atoms with Gasteiger partial charge in [0.2, 0.25) is 0 Å². The fourth-order valence-corrected chi connectivity index (χ4v) is 5.07. The highest BCUT2D eigenvalue weighted by molar-refractivity contribution is 7.92. The summed E-state index contributed by atoms with van der Waals surface area (Å²) in [7, 11) is -4.03. The number of morpholine rings is 1. The van der Waals surface area contributed by atoms with E-state index in [0.717, 1.165) is 50.1 Å². The number of carbonyl (C=O) groups is 1. The van der Waals surface area contributed by atoms with Gasteiger partial charge in [0, 0.05) is 50.6 Å². The number of sulfonamides is 1. The molecule has 0 atom stereocenters. The predicted octanol–water partition coefficient (Wildman–Crippen LogP) is 2.16. The van der Waals surface area contributed by atoms with E-state index < -0.39 is 15.8 Å². The third-order valence-electron chi connectivity index (χ3n) is 5.44. The number of ether oxygens (including phenoxy) is 1. The van der Waals surface area contributed by atoms with Gasteiger partial charge in [-0.1, -0.05) is 11.6 Å². The molecule has 2 fully saturated rings. The molecule has 2 N–H and O–H groups in total. The lowest BCUT2D eigenvalue weighted by molar-refractivity contribution is 0.0303. The van der Waals surface area contributed by atoms with E-state index in [1.54, 1.807) is 23.1 Å². The molecule has 2 saturated heterocycles. The molecular formula is C21H24ClFN4O4S. The molecule has 0 saturated carbocycles. The van der Waals surface area contributed by atoms with Crippen LogP contribution < -0.4 is 14.9 Å². The van der Waals surface area contributed by atoms with Gasteiger partial charge < -0.3 is 19.9 Å². The van der Waals surface area contributed by atoms with Gasteiger partial charge in [-0.05, 0) is 36.4 Å². The summed E-state index contributed by atoms with van der Waals surface area (Å²) < 4.78 is 46.9. The van der Waals surface area contributed by atoms with E-state index in [2.05, 4.69) is 14.9 Å². The number of nitrogens with zero attached hydrogens (tertiary/aromatic N) is 2. The van der Waals surface area contributed by atoms with Crippen molar-refractivity contribution >= 4 is 38.9 Å². The number of hydrogen-bond donors (Lipinski definition) is 2. The summed E-state index contributed by atoms with van der Waals surface area (Å²) in [4.78, 5) is 17.0. The van der Waals surface area contributed by atoms with E-state index in [0.29, 0.717) is 31.9 Å². The Kier molecular flexibility index (Phi) is 6.85. The monoisotopic (exact) mass is 482 g/mol. The number of anilines is 2. The summed E-state index contributed by atoms with van der Waals surface area (Å²) in [6, 6.07) is 8.12. The van der Waals surface area contributed by atoms with Crippen molar-refractivity contribution in [2.75, 3.05) is 62.1 Å². The largest absolute Gasteiger partial charge is 0.378 e. The zero-order valence-corrected chi connectivity index (χ0v) is 18.9. The normalized spacial score (nSPS) is 17.3. The van der Waals surface area contributed by atoms with Gasteiger partial charge in [0.1, 0.15) is 5.82 Å². The summed E-state index contributed by atoms with van der Waals surface area (Å²) in [6.45, 7) is 4.95. The molecule has 172 valence electrons. The number of hydrogen-bond acceptors (Lipinski definition) is 6. The summed E-state index contributed by atoms with van der Waals surface area (Å²) >= 11 is 5.74. The number of halogens is 2. The lowest BCUT2D eigenvalue weighted by atomic mass is 10.1. The third-order valence-corrected chi connectivity index (χ3v) is 7.11. The van der Waals surface area contributed by atoms with Gasteiger partial charge in [-0.25, -0.2) is 12.8 Å². The number of carbonyl (C=O) groups excluding carboxylic acids is 1. The Balaban J connectivity index is 1.66. The summed E-state index contributed by atoms with van der Waals surface area (Å²) in [6.07, 6.45) is 0. The van der Waals surface area contributed by atoms with E-state index in [9.17, 15) is 17.6 Å². The number of amides is 1. The standard InChI is InChI=1S/C21H24ClFN4O4S/c22-18-14-16(2-3-19(18)23)32(29,30)25-15-1-4-20(26-7-5-24-6-8-26)17(13-15)21(28)27-9-11-31-12-10-27/h1-4,13-14,24-25H,5-12H2. The number of benzene rings is 2. The molecule has 0 aliphatic carbocycles. The molecule has 0 bridgehead atoms. The van der Waals surface area contributed by atoms with Crippen molar-refractivity contribution < 1.29 is 22.3 Å². The van der Waals surface area contributed by atoms with Crippen molar-refractivity contribution in [3.05, 3.63) is 52.8 Å². The smallest absolute Gasteiger partial charge is 0.261 e. The van der Waals surface area contributed by atoms with Gasteiger partial charge in [-0.2, -0.15) is 0 Å². The van der Waals surface area contributed by atoms with Gasteiger partial charge >= 0.3 is 0 Å². The number of rotatable bonds is 5. The van der Waals surface area contributed by atoms with Crippen LogP contribution in [0.4, 0.5) is 15.8 Å². The lowest BCUT2D eigenvalue weighted by Gasteiger charge is -2.33. The van der Waals surface area contributed by atoms with Crippen LogP contribution in [-0.2, 0) is 14.8 Å². The number of nitrogens with one attached hydrogen (secondary N) is 2. The maximum Gasteiger partial charge on any atom is 0.261 e. The minimum absolute atomic E-state index is 0.170. The fraction of sp³-hybridized carbons (Fsp3) is 0.381. The van der Waals surface area contributed by atoms with Crippen molar-refractivity contribution in [3.63, 3.8) is 0 Å². The summed E-state index contributed by atoms with van der Waals surface area (Å²) in [5, 5.41) is 3.00. The quantitative estimate of drug-likeness (QED) is 0.678. The summed E-state index contributed by atoms with van der Waals surface area (Å²) in [5.74, 6) is -0.878. The molecule has 0 aromatic heterocycles. The van der Waals surface area contributed by atoms with Gasteiger partial charge in [0.25, 0.3) is 15.9 Å². The van der Waals surface area contributed by atoms with Gasteiger partial charge in [0.15, 0.2) is 0 Å². The van der Waals surface area contributed by atoms with Crippen molar-refractivity contribution in [1.82, 2.24) is 10.2 Å². The second kappa shape index (κ2) is 9.62. The first-order chi connectivity index (χ1) is 15.3. The van der Waals surface area contributed by atoms with Crippen molar-refractivity contribution in [2.24, 2.45) is 0 Å². The van der Waals surface area contributed by atoms with E-state index in [1.165, 1.54) is 0 Å². The molecule has 11 heteroatoms. The molecule has 2 aliphatic heterocycles. The molecule has 1 amide bonds. The molecular weight excluding hydrogens is 459 g/mol. The molecule has 0 spiro atoms. The van der Waals surface area contributed by atoms with Crippen molar-refractivity contribution in [3.8, 4) is 0 Å². The van der Waals surface area contributed by atoms with Crippen LogP contribution in [-0.4, -0.2) is 71.7 Å². The Labute approximate surface area is 191 Å². The molecule has 4 rings (SSSR count). The van der Waals surface area contributed by atoms with Crippen LogP contribution in [0.3, 0.4) is 0 Å². The Hall–Kier alpha value is -2.40. The van der Waals surface area contributed by atoms with Gasteiger partial charge in [-0.3, -0.25) is 9.52 Å². The average Bonchev–Trinajstić information content (AvgIpc) is 2.81. The van der Waals surface area contributed by atoms with Gasteiger partial charge in [0.05, 0.1) is 28.7 Å². The van der Waals surface area contributed by atoms with Crippen molar-refractivity contribution in [1.29, 1.82) is 0 Å².